The van der Waals surface area contributed by atoms with Crippen molar-refractivity contribution in [1.82, 2.24) is 0 Å². The molecule has 109 heavy (non-hydrogen) atoms. The van der Waals surface area contributed by atoms with Gasteiger partial charge in [0, 0.05) is 25.7 Å². The summed E-state index contributed by atoms with van der Waals surface area (Å²) in [7, 11) is -9.94. The van der Waals surface area contributed by atoms with Gasteiger partial charge in [-0.25, -0.2) is 9.13 Å². The molecule has 0 saturated heterocycles. The Morgan fingerprint density at radius 3 is 0.697 bits per heavy atom. The average Bonchev–Trinajstić information content (AvgIpc) is 0.899. The molecule has 6 atom stereocenters. The van der Waals surface area contributed by atoms with Crippen molar-refractivity contribution in [3.8, 4) is 0 Å². The standard InChI is InChI=1S/C90H176O17P2/c1-7-10-12-14-16-18-20-22-24-26-28-29-30-32-36-41-45-49-57-63-69-74-89(94)106-85(78-100-87(92)72-66-60-54-47-43-39-37-33-34-38-42-46-52-58-64-70-82(4)5)80-104-108(96,97)102-76-84(91)77-103-109(98,99)105-81-86(79-101-88(93)73-67-61-55-51-50-53-59-65-71-83(6)9-3)107-90(95)75-68-62-56-48-44-40-35-31-27-25-23-21-19-17-15-13-11-8-2/h82-86,91H,7-81H2,1-6H3,(H,96,97)(H,98,99)/t83?,84-,85-,86-/m1/s1. The molecule has 0 aromatic carbocycles. The minimum absolute atomic E-state index is 0.108. The van der Waals surface area contributed by atoms with E-state index in [1.54, 1.807) is 0 Å². The number of hydrogen-bond acceptors (Lipinski definition) is 15. The van der Waals surface area contributed by atoms with Crippen LogP contribution in [0, 0.1) is 11.8 Å². The van der Waals surface area contributed by atoms with E-state index in [4.69, 9.17) is 37.0 Å². The lowest BCUT2D eigenvalue weighted by molar-refractivity contribution is -0.161. The Morgan fingerprint density at radius 1 is 0.266 bits per heavy atom. The van der Waals surface area contributed by atoms with Crippen molar-refractivity contribution in [3.05, 3.63) is 0 Å². The number of phosphoric acid groups is 2. The van der Waals surface area contributed by atoms with E-state index in [1.165, 1.54) is 302 Å². The van der Waals surface area contributed by atoms with E-state index in [1.807, 2.05) is 0 Å². The summed E-state index contributed by atoms with van der Waals surface area (Å²) in [6, 6.07) is 0. The molecular formula is C90H176O17P2. The van der Waals surface area contributed by atoms with Gasteiger partial charge in [-0.15, -0.1) is 0 Å². The summed E-state index contributed by atoms with van der Waals surface area (Å²) in [6.45, 7) is 9.73. The molecule has 0 aliphatic rings. The highest BCUT2D eigenvalue weighted by Gasteiger charge is 2.31. The fraction of sp³-hybridized carbons (Fsp3) is 0.956. The quantitative estimate of drug-likeness (QED) is 0.0222. The molecule has 0 aliphatic heterocycles. The Hall–Kier alpha value is -1.94. The lowest BCUT2D eigenvalue weighted by Crippen LogP contribution is -2.30. The van der Waals surface area contributed by atoms with Crippen LogP contribution < -0.4 is 0 Å². The Morgan fingerprint density at radius 2 is 0.468 bits per heavy atom. The summed E-state index contributed by atoms with van der Waals surface area (Å²) in [5.41, 5.74) is 0. The summed E-state index contributed by atoms with van der Waals surface area (Å²) in [6.07, 6.45) is 75.0. The van der Waals surface area contributed by atoms with Crippen molar-refractivity contribution < 1.29 is 80.2 Å². The number of carbonyl (C=O) groups excluding carboxylic acids is 4. The van der Waals surface area contributed by atoms with E-state index in [2.05, 4.69) is 41.5 Å². The molecule has 0 heterocycles. The van der Waals surface area contributed by atoms with Crippen LogP contribution in [-0.2, 0) is 65.4 Å². The first-order valence-electron chi connectivity index (χ1n) is 46.5. The van der Waals surface area contributed by atoms with Gasteiger partial charge in [0.05, 0.1) is 26.4 Å². The van der Waals surface area contributed by atoms with E-state index >= 15 is 0 Å². The maximum absolute atomic E-state index is 13.2. The number of carbonyl (C=O) groups is 4. The van der Waals surface area contributed by atoms with Crippen LogP contribution in [0.3, 0.4) is 0 Å². The zero-order chi connectivity index (χ0) is 79.9. The van der Waals surface area contributed by atoms with Crippen molar-refractivity contribution in [1.29, 1.82) is 0 Å². The highest BCUT2D eigenvalue weighted by atomic mass is 31.2. The van der Waals surface area contributed by atoms with Gasteiger partial charge in [-0.1, -0.05) is 433 Å². The normalized spacial score (nSPS) is 14.0. The fourth-order valence-corrected chi connectivity index (χ4v) is 15.7. The number of ether oxygens (including phenoxy) is 4. The van der Waals surface area contributed by atoms with Gasteiger partial charge in [0.1, 0.15) is 19.3 Å². The molecule has 0 fully saturated rings. The van der Waals surface area contributed by atoms with Gasteiger partial charge in [-0.2, -0.15) is 0 Å². The number of rotatable bonds is 89. The van der Waals surface area contributed by atoms with E-state index in [-0.39, 0.29) is 25.7 Å². The minimum atomic E-state index is -4.97. The monoisotopic (exact) mass is 1590 g/mol. The molecule has 0 rings (SSSR count). The first-order valence-corrected chi connectivity index (χ1v) is 49.5. The van der Waals surface area contributed by atoms with Crippen molar-refractivity contribution in [2.45, 2.75) is 503 Å². The number of aliphatic hydroxyl groups excluding tert-OH is 1. The molecule has 0 aliphatic carbocycles. The number of phosphoric ester groups is 2. The largest absolute Gasteiger partial charge is 0.472 e. The molecule has 0 aromatic heterocycles. The summed E-state index contributed by atoms with van der Waals surface area (Å²) in [4.78, 5) is 73.4. The molecule has 3 unspecified atom stereocenters. The fourth-order valence-electron chi connectivity index (χ4n) is 14.1. The zero-order valence-corrected chi connectivity index (χ0v) is 73.7. The Kier molecular flexibility index (Phi) is 79.8. The summed E-state index contributed by atoms with van der Waals surface area (Å²) in [5, 5.41) is 10.7. The second-order valence-electron chi connectivity index (χ2n) is 33.1. The topological polar surface area (TPSA) is 237 Å². The van der Waals surface area contributed by atoms with Crippen LogP contribution in [0.1, 0.15) is 485 Å². The maximum atomic E-state index is 13.2. The molecule has 0 aromatic rings. The van der Waals surface area contributed by atoms with Gasteiger partial charge < -0.3 is 33.8 Å². The van der Waals surface area contributed by atoms with Crippen molar-refractivity contribution in [2.75, 3.05) is 39.6 Å². The molecular weight excluding hydrogens is 1410 g/mol. The van der Waals surface area contributed by atoms with E-state index in [0.29, 0.717) is 25.7 Å². The van der Waals surface area contributed by atoms with Crippen molar-refractivity contribution in [3.63, 3.8) is 0 Å². The number of hydrogen-bond donors (Lipinski definition) is 3. The Bertz CT molecular complexity index is 2080. The van der Waals surface area contributed by atoms with Crippen molar-refractivity contribution >= 4 is 39.5 Å². The zero-order valence-electron chi connectivity index (χ0n) is 71.9. The van der Waals surface area contributed by atoms with Gasteiger partial charge in [0.25, 0.3) is 0 Å². The molecule has 0 bridgehead atoms. The van der Waals surface area contributed by atoms with Crippen LogP contribution in [0.15, 0.2) is 0 Å². The Balaban J connectivity index is 5.25. The third-order valence-corrected chi connectivity index (χ3v) is 23.5. The summed E-state index contributed by atoms with van der Waals surface area (Å²) >= 11 is 0. The van der Waals surface area contributed by atoms with Crippen LogP contribution in [0.2, 0.25) is 0 Å². The smallest absolute Gasteiger partial charge is 0.462 e. The average molecular weight is 1590 g/mol. The number of unbranched alkanes of at least 4 members (excludes halogenated alkanes) is 58. The maximum Gasteiger partial charge on any atom is 0.472 e. The van der Waals surface area contributed by atoms with Gasteiger partial charge >= 0.3 is 39.5 Å². The van der Waals surface area contributed by atoms with Crippen LogP contribution in [-0.4, -0.2) is 96.7 Å². The Labute approximate surface area is 670 Å². The van der Waals surface area contributed by atoms with Crippen LogP contribution in [0.25, 0.3) is 0 Å². The minimum Gasteiger partial charge on any atom is -0.462 e. The van der Waals surface area contributed by atoms with Crippen LogP contribution in [0.5, 0.6) is 0 Å². The van der Waals surface area contributed by atoms with Gasteiger partial charge in [-0.3, -0.25) is 37.3 Å². The molecule has 17 nitrogen and oxygen atoms in total. The molecule has 19 heteroatoms. The predicted octanol–water partition coefficient (Wildman–Crippen LogP) is 27.8. The third kappa shape index (κ3) is 82.4. The highest BCUT2D eigenvalue weighted by molar-refractivity contribution is 7.47. The van der Waals surface area contributed by atoms with E-state index < -0.39 is 97.5 Å². The lowest BCUT2D eigenvalue weighted by Gasteiger charge is -2.21. The van der Waals surface area contributed by atoms with Crippen LogP contribution in [0.4, 0.5) is 0 Å². The summed E-state index contributed by atoms with van der Waals surface area (Å²) in [5.74, 6) is -0.513. The van der Waals surface area contributed by atoms with Gasteiger partial charge in [0.15, 0.2) is 12.2 Å². The molecule has 0 spiro atoms. The third-order valence-electron chi connectivity index (χ3n) is 21.6. The van der Waals surface area contributed by atoms with Crippen molar-refractivity contribution in [2.24, 2.45) is 11.8 Å². The first-order chi connectivity index (χ1) is 52.9. The SMILES string of the molecule is CCCCCCCCCCCCCCCCCCCCCCCC(=O)O[C@H](COC(=O)CCCCCCCCCCCCCCCCCC(C)C)COP(=O)(O)OC[C@@H](O)COP(=O)(O)OC[C@@H](COC(=O)CCCCCCCCCCC(C)CC)OC(=O)CCCCCCCCCCCCCCCCCCCC. The van der Waals surface area contributed by atoms with Gasteiger partial charge in [-0.05, 0) is 37.5 Å². The second-order valence-corrected chi connectivity index (χ2v) is 36.0. The van der Waals surface area contributed by atoms with Crippen LogP contribution >= 0.6 is 15.6 Å². The summed E-state index contributed by atoms with van der Waals surface area (Å²) < 4.78 is 69.1. The van der Waals surface area contributed by atoms with E-state index in [9.17, 15) is 43.2 Å². The number of aliphatic hydroxyl groups is 1. The predicted molar refractivity (Wildman–Crippen MR) is 451 cm³/mol. The molecule has 648 valence electrons. The van der Waals surface area contributed by atoms with E-state index in [0.717, 1.165) is 102 Å². The number of esters is 4. The van der Waals surface area contributed by atoms with Gasteiger partial charge in [0.2, 0.25) is 0 Å². The molecule has 0 amide bonds. The second kappa shape index (κ2) is 81.2. The lowest BCUT2D eigenvalue weighted by atomic mass is 9.99. The highest BCUT2D eigenvalue weighted by Crippen LogP contribution is 2.45. The molecule has 0 saturated carbocycles. The first kappa shape index (κ1) is 107. The molecule has 3 N–H and O–H groups in total. The molecule has 0 radical (unpaired) electrons.